The third kappa shape index (κ3) is 3.34. The molecule has 0 spiro atoms. The molecule has 1 aliphatic rings. The SMILES string of the molecule is CC(C)CN(C(=O)c1cc(N)c(Cl)c(Cl)c1)C1CC1. The number of nitrogens with two attached hydrogens (primary N) is 1. The average molecular weight is 301 g/mol. The molecule has 0 atom stereocenters. The maximum atomic E-state index is 12.5. The minimum Gasteiger partial charge on any atom is -0.397 e. The zero-order valence-corrected chi connectivity index (χ0v) is 12.6. The lowest BCUT2D eigenvalue weighted by Crippen LogP contribution is -2.36. The first-order chi connectivity index (χ1) is 8.90. The summed E-state index contributed by atoms with van der Waals surface area (Å²) >= 11 is 11.9. The Morgan fingerprint density at radius 3 is 2.53 bits per heavy atom. The summed E-state index contributed by atoms with van der Waals surface area (Å²) in [4.78, 5) is 14.5. The highest BCUT2D eigenvalue weighted by Crippen LogP contribution is 2.33. The van der Waals surface area contributed by atoms with Gasteiger partial charge in [0, 0.05) is 18.2 Å². The molecule has 1 aromatic carbocycles. The Labute approximate surface area is 123 Å². The van der Waals surface area contributed by atoms with E-state index in [1.165, 1.54) is 0 Å². The monoisotopic (exact) mass is 300 g/mol. The van der Waals surface area contributed by atoms with Crippen LogP contribution in [-0.4, -0.2) is 23.4 Å². The third-order valence-corrected chi connectivity index (χ3v) is 3.93. The van der Waals surface area contributed by atoms with Gasteiger partial charge in [-0.3, -0.25) is 4.79 Å². The second-order valence-corrected chi connectivity index (χ2v) is 6.23. The zero-order chi connectivity index (χ0) is 14.2. The number of amides is 1. The molecule has 0 radical (unpaired) electrons. The minimum atomic E-state index is -0.0125. The van der Waals surface area contributed by atoms with Crippen molar-refractivity contribution in [2.45, 2.75) is 32.7 Å². The lowest BCUT2D eigenvalue weighted by molar-refractivity contribution is 0.0722. The quantitative estimate of drug-likeness (QED) is 0.859. The maximum Gasteiger partial charge on any atom is 0.254 e. The molecule has 1 aromatic rings. The second kappa shape index (κ2) is 5.59. The van der Waals surface area contributed by atoms with Gasteiger partial charge in [-0.2, -0.15) is 0 Å². The molecule has 1 fully saturated rings. The highest BCUT2D eigenvalue weighted by atomic mass is 35.5. The molecule has 104 valence electrons. The van der Waals surface area contributed by atoms with Gasteiger partial charge in [0.15, 0.2) is 0 Å². The number of carbonyl (C=O) groups excluding carboxylic acids is 1. The van der Waals surface area contributed by atoms with E-state index in [1.807, 2.05) is 4.90 Å². The third-order valence-electron chi connectivity index (χ3n) is 3.11. The van der Waals surface area contributed by atoms with Gasteiger partial charge >= 0.3 is 0 Å². The summed E-state index contributed by atoms with van der Waals surface area (Å²) < 4.78 is 0. The van der Waals surface area contributed by atoms with E-state index in [4.69, 9.17) is 28.9 Å². The lowest BCUT2D eigenvalue weighted by Gasteiger charge is -2.24. The van der Waals surface area contributed by atoms with Gasteiger partial charge in [0.05, 0.1) is 15.7 Å². The summed E-state index contributed by atoms with van der Waals surface area (Å²) in [5.41, 5.74) is 6.62. The van der Waals surface area contributed by atoms with Crippen LogP contribution in [0.1, 0.15) is 37.0 Å². The molecule has 3 nitrogen and oxygen atoms in total. The first kappa shape index (κ1) is 14.5. The molecule has 1 saturated carbocycles. The Morgan fingerprint density at radius 1 is 1.42 bits per heavy atom. The largest absolute Gasteiger partial charge is 0.397 e. The number of benzene rings is 1. The summed E-state index contributed by atoms with van der Waals surface area (Å²) in [5, 5.41) is 0.630. The topological polar surface area (TPSA) is 46.3 Å². The second-order valence-electron chi connectivity index (χ2n) is 5.44. The van der Waals surface area contributed by atoms with Crippen LogP contribution in [0.5, 0.6) is 0 Å². The van der Waals surface area contributed by atoms with Gasteiger partial charge in [-0.05, 0) is 30.9 Å². The summed E-state index contributed by atoms with van der Waals surface area (Å²) in [6.07, 6.45) is 2.16. The van der Waals surface area contributed by atoms with Crippen LogP contribution >= 0.6 is 23.2 Å². The predicted octanol–water partition coefficient (Wildman–Crippen LogP) is 3.84. The van der Waals surface area contributed by atoms with Gasteiger partial charge in [-0.1, -0.05) is 37.0 Å². The number of hydrogen-bond acceptors (Lipinski definition) is 2. The fourth-order valence-electron chi connectivity index (χ4n) is 2.08. The van der Waals surface area contributed by atoms with Crippen LogP contribution in [-0.2, 0) is 0 Å². The van der Waals surface area contributed by atoms with Gasteiger partial charge < -0.3 is 10.6 Å². The number of hydrogen-bond donors (Lipinski definition) is 1. The van der Waals surface area contributed by atoms with Gasteiger partial charge in [-0.25, -0.2) is 0 Å². The zero-order valence-electron chi connectivity index (χ0n) is 11.1. The van der Waals surface area contributed by atoms with E-state index < -0.39 is 0 Å². The van der Waals surface area contributed by atoms with Gasteiger partial charge in [0.2, 0.25) is 0 Å². The van der Waals surface area contributed by atoms with Crippen molar-refractivity contribution in [1.82, 2.24) is 4.90 Å². The molecule has 0 saturated heterocycles. The number of carbonyl (C=O) groups is 1. The number of nitrogen functional groups attached to an aromatic ring is 1. The van der Waals surface area contributed by atoms with Crippen molar-refractivity contribution >= 4 is 34.8 Å². The molecule has 1 aliphatic carbocycles. The van der Waals surface area contributed by atoms with E-state index in [1.54, 1.807) is 12.1 Å². The maximum absolute atomic E-state index is 12.5. The molecule has 2 N–H and O–H groups in total. The van der Waals surface area contributed by atoms with Crippen molar-refractivity contribution in [3.63, 3.8) is 0 Å². The van der Waals surface area contributed by atoms with Crippen LogP contribution in [0.4, 0.5) is 5.69 Å². The Bertz CT molecular complexity index is 475. The van der Waals surface area contributed by atoms with Gasteiger partial charge in [0.25, 0.3) is 5.91 Å². The molecule has 0 bridgehead atoms. The van der Waals surface area contributed by atoms with Crippen molar-refractivity contribution < 1.29 is 4.79 Å². The Balaban J connectivity index is 2.26. The van der Waals surface area contributed by atoms with Crippen LogP contribution in [0.3, 0.4) is 0 Å². The number of rotatable bonds is 4. The standard InChI is InChI=1S/C14H18Cl2N2O/c1-8(2)7-18(10-3-4-10)14(19)9-5-11(15)13(16)12(17)6-9/h5-6,8,10H,3-4,7,17H2,1-2H3. The van der Waals surface area contributed by atoms with Gasteiger partial charge in [0.1, 0.15) is 0 Å². The molecule has 5 heteroatoms. The van der Waals surface area contributed by atoms with Crippen molar-refractivity contribution in [2.75, 3.05) is 12.3 Å². The smallest absolute Gasteiger partial charge is 0.254 e. The normalized spacial score (nSPS) is 14.8. The average Bonchev–Trinajstić information content (AvgIpc) is 3.15. The van der Waals surface area contributed by atoms with Crippen molar-refractivity contribution in [3.8, 4) is 0 Å². The fraction of sp³-hybridized carbons (Fsp3) is 0.500. The Kier molecular flexibility index (Phi) is 4.26. The van der Waals surface area contributed by atoms with Crippen LogP contribution < -0.4 is 5.73 Å². The van der Waals surface area contributed by atoms with E-state index in [0.29, 0.717) is 33.3 Å². The first-order valence-corrected chi connectivity index (χ1v) is 7.21. The van der Waals surface area contributed by atoms with Crippen molar-refractivity contribution in [3.05, 3.63) is 27.7 Å². The predicted molar refractivity (Wildman–Crippen MR) is 79.8 cm³/mol. The van der Waals surface area contributed by atoms with E-state index in [9.17, 15) is 4.79 Å². The first-order valence-electron chi connectivity index (χ1n) is 6.45. The molecule has 0 aliphatic heterocycles. The lowest BCUT2D eigenvalue weighted by atomic mass is 10.1. The minimum absolute atomic E-state index is 0.0125. The van der Waals surface area contributed by atoms with Crippen LogP contribution in [0.2, 0.25) is 10.0 Å². The van der Waals surface area contributed by atoms with E-state index in [2.05, 4.69) is 13.8 Å². The molecular formula is C14H18Cl2N2O. The fourth-order valence-corrected chi connectivity index (χ4v) is 2.41. The van der Waals surface area contributed by atoms with E-state index in [-0.39, 0.29) is 5.91 Å². The Morgan fingerprint density at radius 2 is 2.05 bits per heavy atom. The highest BCUT2D eigenvalue weighted by molar-refractivity contribution is 6.43. The van der Waals surface area contributed by atoms with E-state index >= 15 is 0 Å². The van der Waals surface area contributed by atoms with Crippen molar-refractivity contribution in [1.29, 1.82) is 0 Å². The molecule has 0 heterocycles. The summed E-state index contributed by atoms with van der Waals surface area (Å²) in [6, 6.07) is 3.57. The summed E-state index contributed by atoms with van der Waals surface area (Å²) in [5.74, 6) is 0.422. The van der Waals surface area contributed by atoms with E-state index in [0.717, 1.165) is 19.4 Å². The van der Waals surface area contributed by atoms with Crippen LogP contribution in [0.25, 0.3) is 0 Å². The van der Waals surface area contributed by atoms with Crippen LogP contribution in [0.15, 0.2) is 12.1 Å². The number of halogens is 2. The number of nitrogens with zero attached hydrogens (tertiary/aromatic N) is 1. The highest BCUT2D eigenvalue weighted by Gasteiger charge is 2.33. The molecule has 2 rings (SSSR count). The van der Waals surface area contributed by atoms with Crippen molar-refractivity contribution in [2.24, 2.45) is 5.92 Å². The number of anilines is 1. The summed E-state index contributed by atoms with van der Waals surface area (Å²) in [6.45, 7) is 4.96. The molecule has 0 unspecified atom stereocenters. The Hall–Kier alpha value is -0.930. The molecule has 19 heavy (non-hydrogen) atoms. The molecule has 1 amide bonds. The summed E-state index contributed by atoms with van der Waals surface area (Å²) in [7, 11) is 0. The molecular weight excluding hydrogens is 283 g/mol. The molecule has 0 aromatic heterocycles. The van der Waals surface area contributed by atoms with Gasteiger partial charge in [-0.15, -0.1) is 0 Å². The van der Waals surface area contributed by atoms with Crippen LogP contribution in [0, 0.1) is 5.92 Å².